The molecule has 0 saturated carbocycles. The summed E-state index contributed by atoms with van der Waals surface area (Å²) in [6.07, 6.45) is 0.220. The van der Waals surface area contributed by atoms with Crippen molar-refractivity contribution in [3.63, 3.8) is 0 Å². The fraction of sp³-hybridized carbons (Fsp3) is 0.529. The van der Waals surface area contributed by atoms with Crippen molar-refractivity contribution in [2.75, 3.05) is 32.8 Å². The number of carbonyl (C=O) groups is 2. The van der Waals surface area contributed by atoms with Gasteiger partial charge in [0.05, 0.1) is 11.5 Å². The number of rotatable bonds is 4. The van der Waals surface area contributed by atoms with E-state index in [2.05, 4.69) is 0 Å². The van der Waals surface area contributed by atoms with Crippen LogP contribution in [0.5, 0.6) is 0 Å². The second-order valence-electron chi connectivity index (χ2n) is 6.38. The summed E-state index contributed by atoms with van der Waals surface area (Å²) < 4.78 is 5.22. The highest BCUT2D eigenvalue weighted by atomic mass is 16.6. The highest BCUT2D eigenvalue weighted by molar-refractivity contribution is 5.98. The number of nitrogens with zero attached hydrogens (tertiary/aromatic N) is 3. The fourth-order valence-corrected chi connectivity index (χ4v) is 2.62. The minimum absolute atomic E-state index is 0.0725. The number of ether oxygens (including phenoxy) is 1. The van der Waals surface area contributed by atoms with E-state index in [1.165, 1.54) is 18.2 Å². The monoisotopic (exact) mass is 349 g/mol. The van der Waals surface area contributed by atoms with E-state index in [0.717, 1.165) is 0 Å². The van der Waals surface area contributed by atoms with Gasteiger partial charge in [-0.05, 0) is 18.4 Å². The molecule has 1 fully saturated rings. The lowest BCUT2D eigenvalue weighted by Gasteiger charge is -2.22. The molecule has 8 nitrogen and oxygen atoms in total. The molecule has 1 heterocycles. The Kier molecular flexibility index (Phi) is 6.32. The lowest BCUT2D eigenvalue weighted by atomic mass is 10.1. The molecule has 8 heteroatoms. The van der Waals surface area contributed by atoms with Crippen LogP contribution in [-0.2, 0) is 4.74 Å². The van der Waals surface area contributed by atoms with Gasteiger partial charge in [-0.25, -0.2) is 4.79 Å². The first-order valence-corrected chi connectivity index (χ1v) is 8.34. The van der Waals surface area contributed by atoms with Gasteiger partial charge in [-0.3, -0.25) is 14.9 Å². The third-order valence-corrected chi connectivity index (χ3v) is 3.91. The molecule has 2 amide bonds. The molecular formula is C17H23N3O5. The molecule has 1 aliphatic rings. The van der Waals surface area contributed by atoms with Gasteiger partial charge in [0.1, 0.15) is 5.56 Å². The minimum atomic E-state index is -0.555. The first-order chi connectivity index (χ1) is 11.9. The van der Waals surface area contributed by atoms with Gasteiger partial charge in [0.15, 0.2) is 0 Å². The lowest BCUT2D eigenvalue weighted by Crippen LogP contribution is -2.38. The molecule has 0 atom stereocenters. The predicted octanol–water partition coefficient (Wildman–Crippen LogP) is 2.54. The normalized spacial score (nSPS) is 15.0. The maximum Gasteiger partial charge on any atom is 0.409 e. The molecular weight excluding hydrogens is 326 g/mol. The Hall–Kier alpha value is -2.64. The summed E-state index contributed by atoms with van der Waals surface area (Å²) in [7, 11) is 0. The van der Waals surface area contributed by atoms with E-state index >= 15 is 0 Å². The first kappa shape index (κ1) is 18.7. The van der Waals surface area contributed by atoms with Crippen molar-refractivity contribution >= 4 is 17.7 Å². The van der Waals surface area contributed by atoms with Crippen LogP contribution >= 0.6 is 0 Å². The molecule has 1 aliphatic heterocycles. The van der Waals surface area contributed by atoms with Crippen LogP contribution in [0.3, 0.4) is 0 Å². The molecule has 0 spiro atoms. The van der Waals surface area contributed by atoms with Gasteiger partial charge >= 0.3 is 6.09 Å². The molecule has 1 saturated heterocycles. The number of amides is 2. The zero-order chi connectivity index (χ0) is 18.4. The first-order valence-electron chi connectivity index (χ1n) is 8.34. The van der Waals surface area contributed by atoms with Gasteiger partial charge in [-0.2, -0.15) is 0 Å². The minimum Gasteiger partial charge on any atom is -0.449 e. The van der Waals surface area contributed by atoms with Gasteiger partial charge in [-0.15, -0.1) is 0 Å². The SMILES string of the molecule is CC(C)COC(=O)N1CCCN(C(=O)c2ccccc2[N+](=O)[O-])CC1. The molecule has 0 N–H and O–H groups in total. The Morgan fingerprint density at radius 2 is 1.80 bits per heavy atom. The van der Waals surface area contributed by atoms with Crippen LogP contribution in [0.1, 0.15) is 30.6 Å². The fourth-order valence-electron chi connectivity index (χ4n) is 2.62. The second-order valence-corrected chi connectivity index (χ2v) is 6.38. The Labute approximate surface area is 146 Å². The van der Waals surface area contributed by atoms with Crippen LogP contribution in [0, 0.1) is 16.0 Å². The maximum atomic E-state index is 12.7. The average molecular weight is 349 g/mol. The van der Waals surface area contributed by atoms with Crippen LogP contribution in [0.15, 0.2) is 24.3 Å². The second kappa shape index (κ2) is 8.46. The smallest absolute Gasteiger partial charge is 0.409 e. The summed E-state index contributed by atoms with van der Waals surface area (Å²) in [6, 6.07) is 5.91. The van der Waals surface area contributed by atoms with Gasteiger partial charge in [0.25, 0.3) is 11.6 Å². The van der Waals surface area contributed by atoms with E-state index in [1.807, 2.05) is 13.8 Å². The average Bonchev–Trinajstić information content (AvgIpc) is 2.85. The van der Waals surface area contributed by atoms with Crippen LogP contribution in [0.25, 0.3) is 0 Å². The number of benzene rings is 1. The highest BCUT2D eigenvalue weighted by Gasteiger charge is 2.27. The highest BCUT2D eigenvalue weighted by Crippen LogP contribution is 2.20. The molecule has 136 valence electrons. The molecule has 0 bridgehead atoms. The quantitative estimate of drug-likeness (QED) is 0.615. The van der Waals surface area contributed by atoms with Crippen molar-refractivity contribution in [2.45, 2.75) is 20.3 Å². The van der Waals surface area contributed by atoms with E-state index in [-0.39, 0.29) is 29.2 Å². The van der Waals surface area contributed by atoms with Crippen LogP contribution in [-0.4, -0.2) is 59.5 Å². The van der Waals surface area contributed by atoms with Crippen LogP contribution in [0.2, 0.25) is 0 Å². The van der Waals surface area contributed by atoms with Crippen molar-refractivity contribution < 1.29 is 19.2 Å². The molecule has 0 radical (unpaired) electrons. The topological polar surface area (TPSA) is 93.0 Å². The van der Waals surface area contributed by atoms with E-state index in [4.69, 9.17) is 4.74 Å². The summed E-state index contributed by atoms with van der Waals surface area (Å²) >= 11 is 0. The van der Waals surface area contributed by atoms with E-state index in [9.17, 15) is 19.7 Å². The predicted molar refractivity (Wildman–Crippen MR) is 91.4 cm³/mol. The maximum absolute atomic E-state index is 12.7. The standard InChI is InChI=1S/C17H23N3O5/c1-13(2)12-25-17(22)19-9-5-8-18(10-11-19)16(21)14-6-3-4-7-15(14)20(23)24/h3-4,6-7,13H,5,8-12H2,1-2H3. The molecule has 0 unspecified atom stereocenters. The van der Waals surface area contributed by atoms with E-state index < -0.39 is 4.92 Å². The number of hydrogen-bond acceptors (Lipinski definition) is 5. The third kappa shape index (κ3) is 4.91. The summed E-state index contributed by atoms with van der Waals surface area (Å²) in [6.45, 7) is 5.89. The number of nitro benzene ring substituents is 1. The van der Waals surface area contributed by atoms with E-state index in [1.54, 1.807) is 15.9 Å². The van der Waals surface area contributed by atoms with Crippen molar-refractivity contribution in [3.8, 4) is 0 Å². The molecule has 1 aromatic rings. The lowest BCUT2D eigenvalue weighted by molar-refractivity contribution is -0.385. The van der Waals surface area contributed by atoms with Crippen molar-refractivity contribution in [3.05, 3.63) is 39.9 Å². The molecule has 0 aliphatic carbocycles. The third-order valence-electron chi connectivity index (χ3n) is 3.91. The molecule has 1 aromatic carbocycles. The van der Waals surface area contributed by atoms with Crippen LogP contribution < -0.4 is 0 Å². The number of para-hydroxylation sites is 1. The molecule has 2 rings (SSSR count). The molecule has 0 aromatic heterocycles. The van der Waals surface area contributed by atoms with E-state index in [0.29, 0.717) is 39.2 Å². The summed E-state index contributed by atoms with van der Waals surface area (Å²) in [5.41, 5.74) is -0.131. The summed E-state index contributed by atoms with van der Waals surface area (Å²) in [5.74, 6) is -0.127. The van der Waals surface area contributed by atoms with Crippen molar-refractivity contribution in [2.24, 2.45) is 5.92 Å². The Bertz CT molecular complexity index is 647. The van der Waals surface area contributed by atoms with Gasteiger partial charge in [0, 0.05) is 32.2 Å². The van der Waals surface area contributed by atoms with Gasteiger partial charge in [-0.1, -0.05) is 26.0 Å². The zero-order valence-electron chi connectivity index (χ0n) is 14.5. The van der Waals surface area contributed by atoms with Crippen molar-refractivity contribution in [1.29, 1.82) is 0 Å². The molecule has 25 heavy (non-hydrogen) atoms. The number of carbonyl (C=O) groups excluding carboxylic acids is 2. The summed E-state index contributed by atoms with van der Waals surface area (Å²) in [4.78, 5) is 38.4. The Morgan fingerprint density at radius 3 is 2.48 bits per heavy atom. The van der Waals surface area contributed by atoms with Gasteiger partial charge < -0.3 is 14.5 Å². The Balaban J connectivity index is 2.02. The number of nitro groups is 1. The van der Waals surface area contributed by atoms with Crippen LogP contribution in [0.4, 0.5) is 10.5 Å². The Morgan fingerprint density at radius 1 is 1.16 bits per heavy atom. The number of hydrogen-bond donors (Lipinski definition) is 0. The summed E-state index contributed by atoms with van der Waals surface area (Å²) in [5, 5.41) is 11.1. The van der Waals surface area contributed by atoms with Crippen molar-refractivity contribution in [1.82, 2.24) is 9.80 Å². The van der Waals surface area contributed by atoms with Gasteiger partial charge in [0.2, 0.25) is 0 Å². The largest absolute Gasteiger partial charge is 0.449 e. The zero-order valence-corrected chi connectivity index (χ0v) is 14.5.